The SMILES string of the molecule is Cn1ccnc1CC1CCc2c(c3ccccc3n2C)C1=O.O=C(O)/C=C\C(=O)O. The van der Waals surface area contributed by atoms with E-state index in [0.29, 0.717) is 12.2 Å². The van der Waals surface area contributed by atoms with Crippen molar-refractivity contribution in [3.8, 4) is 0 Å². The fraction of sp³-hybridized carbons (Fsp3) is 0.273. The predicted octanol–water partition coefficient (Wildman–Crippen LogP) is 2.61. The topological polar surface area (TPSA) is 114 Å². The lowest BCUT2D eigenvalue weighted by Gasteiger charge is -2.22. The molecule has 0 aliphatic heterocycles. The number of rotatable bonds is 4. The molecule has 1 aromatic carbocycles. The molecule has 0 bridgehead atoms. The monoisotopic (exact) mass is 409 g/mol. The lowest BCUT2D eigenvalue weighted by Crippen LogP contribution is -2.25. The van der Waals surface area contributed by atoms with E-state index in [-0.39, 0.29) is 11.7 Å². The van der Waals surface area contributed by atoms with E-state index in [4.69, 9.17) is 10.2 Å². The maximum atomic E-state index is 13.0. The number of ketones is 1. The summed E-state index contributed by atoms with van der Waals surface area (Å²) < 4.78 is 4.19. The number of carbonyl (C=O) groups excluding carboxylic acids is 1. The number of aliphatic carboxylic acids is 2. The third-order valence-electron chi connectivity index (χ3n) is 5.29. The molecule has 1 aliphatic carbocycles. The molecule has 0 amide bonds. The van der Waals surface area contributed by atoms with Gasteiger partial charge in [-0.1, -0.05) is 18.2 Å². The van der Waals surface area contributed by atoms with Gasteiger partial charge in [0.05, 0.1) is 0 Å². The van der Waals surface area contributed by atoms with E-state index in [1.165, 1.54) is 5.69 Å². The minimum atomic E-state index is -1.26. The van der Waals surface area contributed by atoms with Crippen molar-refractivity contribution < 1.29 is 24.6 Å². The summed E-state index contributed by atoms with van der Waals surface area (Å²) in [4.78, 5) is 36.5. The fourth-order valence-corrected chi connectivity index (χ4v) is 3.81. The van der Waals surface area contributed by atoms with Crippen molar-refractivity contribution in [2.75, 3.05) is 0 Å². The Balaban J connectivity index is 0.000000275. The molecule has 30 heavy (non-hydrogen) atoms. The van der Waals surface area contributed by atoms with Crippen LogP contribution >= 0.6 is 0 Å². The number of hydrogen-bond acceptors (Lipinski definition) is 4. The maximum absolute atomic E-state index is 13.0. The van der Waals surface area contributed by atoms with E-state index >= 15 is 0 Å². The van der Waals surface area contributed by atoms with Gasteiger partial charge in [0, 0.05) is 73.1 Å². The average Bonchev–Trinajstić information content (AvgIpc) is 3.24. The van der Waals surface area contributed by atoms with E-state index in [1.807, 2.05) is 29.9 Å². The molecule has 0 fully saturated rings. The molecule has 0 saturated carbocycles. The van der Waals surface area contributed by atoms with Gasteiger partial charge >= 0.3 is 11.9 Å². The number of hydrogen-bond donors (Lipinski definition) is 2. The molecule has 0 radical (unpaired) electrons. The number of carboxylic acid groups (broad SMARTS) is 2. The molecule has 156 valence electrons. The first-order valence-corrected chi connectivity index (χ1v) is 9.50. The number of nitrogens with zero attached hydrogens (tertiary/aromatic N) is 3. The molecule has 2 heterocycles. The number of imidazole rings is 1. The average molecular weight is 409 g/mol. The van der Waals surface area contributed by atoms with E-state index in [9.17, 15) is 14.4 Å². The second-order valence-corrected chi connectivity index (χ2v) is 7.17. The zero-order chi connectivity index (χ0) is 21.8. The highest BCUT2D eigenvalue weighted by Gasteiger charge is 2.32. The number of aryl methyl sites for hydroxylation is 2. The van der Waals surface area contributed by atoms with Gasteiger partial charge in [-0.25, -0.2) is 14.6 Å². The zero-order valence-electron chi connectivity index (χ0n) is 16.8. The molecule has 0 spiro atoms. The van der Waals surface area contributed by atoms with Crippen LogP contribution < -0.4 is 0 Å². The van der Waals surface area contributed by atoms with E-state index in [2.05, 4.69) is 28.7 Å². The van der Waals surface area contributed by atoms with Crippen molar-refractivity contribution in [2.45, 2.75) is 19.3 Å². The van der Waals surface area contributed by atoms with Gasteiger partial charge in [-0.05, 0) is 18.9 Å². The number of aromatic nitrogens is 3. The van der Waals surface area contributed by atoms with E-state index in [1.54, 1.807) is 6.20 Å². The Hall–Kier alpha value is -3.68. The molecule has 4 rings (SSSR count). The summed E-state index contributed by atoms with van der Waals surface area (Å²) in [5.74, 6) is -1.21. The van der Waals surface area contributed by atoms with Crippen LogP contribution in [0.5, 0.6) is 0 Å². The molecule has 1 atom stereocenters. The van der Waals surface area contributed by atoms with Gasteiger partial charge in [0.2, 0.25) is 0 Å². The highest BCUT2D eigenvalue weighted by molar-refractivity contribution is 6.11. The largest absolute Gasteiger partial charge is 0.478 e. The molecular weight excluding hydrogens is 386 g/mol. The minimum Gasteiger partial charge on any atom is -0.478 e. The first kappa shape index (κ1) is 21.0. The summed E-state index contributed by atoms with van der Waals surface area (Å²) in [6.07, 6.45) is 7.44. The molecule has 1 aliphatic rings. The van der Waals surface area contributed by atoms with Crippen molar-refractivity contribution in [2.24, 2.45) is 20.0 Å². The number of Topliss-reactive ketones (excluding diaryl/α,β-unsaturated/α-hetero) is 1. The van der Waals surface area contributed by atoms with Crippen molar-refractivity contribution in [3.05, 3.63) is 65.9 Å². The first-order valence-electron chi connectivity index (χ1n) is 9.50. The molecule has 2 aromatic heterocycles. The zero-order valence-corrected chi connectivity index (χ0v) is 16.8. The Morgan fingerprint density at radius 2 is 1.83 bits per heavy atom. The Morgan fingerprint density at radius 1 is 1.17 bits per heavy atom. The third-order valence-corrected chi connectivity index (χ3v) is 5.29. The molecule has 8 heteroatoms. The molecule has 1 unspecified atom stereocenters. The summed E-state index contributed by atoms with van der Waals surface area (Å²) in [6, 6.07) is 8.20. The van der Waals surface area contributed by atoms with Crippen LogP contribution in [0.25, 0.3) is 10.9 Å². The molecular formula is C22H23N3O5. The first-order chi connectivity index (χ1) is 14.3. The van der Waals surface area contributed by atoms with Crippen LogP contribution in [0.1, 0.15) is 28.3 Å². The highest BCUT2D eigenvalue weighted by atomic mass is 16.4. The summed E-state index contributed by atoms with van der Waals surface area (Å²) in [5.41, 5.74) is 3.27. The molecule has 2 N–H and O–H groups in total. The van der Waals surface area contributed by atoms with Gasteiger partial charge in [0.25, 0.3) is 0 Å². The van der Waals surface area contributed by atoms with Crippen molar-refractivity contribution in [1.29, 1.82) is 0 Å². The normalized spacial score (nSPS) is 15.7. The summed E-state index contributed by atoms with van der Waals surface area (Å²) >= 11 is 0. The van der Waals surface area contributed by atoms with Crippen LogP contribution in [-0.2, 0) is 36.5 Å². The van der Waals surface area contributed by atoms with Gasteiger partial charge in [0.1, 0.15) is 5.82 Å². The van der Waals surface area contributed by atoms with Crippen molar-refractivity contribution >= 4 is 28.6 Å². The Morgan fingerprint density at radius 3 is 2.43 bits per heavy atom. The van der Waals surface area contributed by atoms with Crippen LogP contribution in [-0.4, -0.2) is 42.1 Å². The minimum absolute atomic E-state index is 0.0411. The summed E-state index contributed by atoms with van der Waals surface area (Å²) in [7, 11) is 4.05. The number of benzene rings is 1. The summed E-state index contributed by atoms with van der Waals surface area (Å²) in [5, 5.41) is 16.7. The van der Waals surface area contributed by atoms with Gasteiger partial charge < -0.3 is 19.3 Å². The van der Waals surface area contributed by atoms with Crippen molar-refractivity contribution in [3.63, 3.8) is 0 Å². The maximum Gasteiger partial charge on any atom is 0.328 e. The standard InChI is InChI=1S/C18H19N3O.C4H4O4/c1-20-10-9-19-16(20)11-12-7-8-15-17(18(12)22)13-5-3-4-6-14(13)21(15)2;5-3(6)1-2-4(7)8/h3-6,9-10,12H,7-8,11H2,1-2H3;1-2H,(H,5,6)(H,7,8)/b;2-1-. The Kier molecular flexibility index (Phi) is 6.15. The van der Waals surface area contributed by atoms with Crippen LogP contribution in [0.2, 0.25) is 0 Å². The lowest BCUT2D eigenvalue weighted by atomic mass is 9.83. The number of para-hydroxylation sites is 1. The van der Waals surface area contributed by atoms with Crippen molar-refractivity contribution in [1.82, 2.24) is 14.1 Å². The number of carboxylic acids is 2. The number of fused-ring (bicyclic) bond motifs is 3. The quantitative estimate of drug-likeness (QED) is 0.640. The Labute approximate surface area is 173 Å². The highest BCUT2D eigenvalue weighted by Crippen LogP contribution is 2.34. The van der Waals surface area contributed by atoms with Gasteiger partial charge in [-0.2, -0.15) is 0 Å². The summed E-state index contributed by atoms with van der Waals surface area (Å²) in [6.45, 7) is 0. The van der Waals surface area contributed by atoms with Crippen LogP contribution in [0, 0.1) is 5.92 Å². The van der Waals surface area contributed by atoms with Gasteiger partial charge in [-0.15, -0.1) is 0 Å². The fourth-order valence-electron chi connectivity index (χ4n) is 3.81. The number of carbonyl (C=O) groups is 3. The van der Waals surface area contributed by atoms with Gasteiger partial charge in [0.15, 0.2) is 5.78 Å². The Bertz CT molecular complexity index is 1120. The molecule has 8 nitrogen and oxygen atoms in total. The molecule has 0 saturated heterocycles. The van der Waals surface area contributed by atoms with Crippen LogP contribution in [0.15, 0.2) is 48.8 Å². The van der Waals surface area contributed by atoms with Crippen LogP contribution in [0.3, 0.4) is 0 Å². The smallest absolute Gasteiger partial charge is 0.328 e. The molecule has 3 aromatic rings. The van der Waals surface area contributed by atoms with E-state index < -0.39 is 11.9 Å². The second-order valence-electron chi connectivity index (χ2n) is 7.17. The van der Waals surface area contributed by atoms with Gasteiger partial charge in [-0.3, -0.25) is 4.79 Å². The van der Waals surface area contributed by atoms with E-state index in [0.717, 1.165) is 41.6 Å². The second kappa shape index (κ2) is 8.77. The third kappa shape index (κ3) is 4.32. The van der Waals surface area contributed by atoms with Crippen LogP contribution in [0.4, 0.5) is 0 Å². The predicted molar refractivity (Wildman–Crippen MR) is 110 cm³/mol. The lowest BCUT2D eigenvalue weighted by molar-refractivity contribution is -0.134.